The van der Waals surface area contributed by atoms with Crippen molar-refractivity contribution in [1.29, 1.82) is 0 Å². The average molecular weight is 434 g/mol. The number of rotatable bonds is 8. The molecule has 0 fully saturated rings. The largest absolute Gasteiger partial charge is 0.505 e. The molecule has 3 aromatic rings. The number of nitrogens with zero attached hydrogens (tertiary/aromatic N) is 1. The van der Waals surface area contributed by atoms with Gasteiger partial charge in [0.25, 0.3) is 0 Å². The number of allylic oxidation sites excluding steroid dienone is 1. The lowest BCUT2D eigenvalue weighted by Crippen LogP contribution is -2.19. The predicted octanol–water partition coefficient (Wildman–Crippen LogP) is 5.65. The van der Waals surface area contributed by atoms with E-state index < -0.39 is 11.6 Å². The Morgan fingerprint density at radius 2 is 1.72 bits per heavy atom. The zero-order valence-electron chi connectivity index (χ0n) is 18.9. The Morgan fingerprint density at radius 3 is 2.38 bits per heavy atom. The number of phenols is 1. The highest BCUT2D eigenvalue weighted by Crippen LogP contribution is 2.29. The molecule has 1 N–H and O–H groups in total. The van der Waals surface area contributed by atoms with Crippen molar-refractivity contribution in [3.8, 4) is 22.6 Å². The van der Waals surface area contributed by atoms with Crippen molar-refractivity contribution >= 4 is 11.9 Å². The van der Waals surface area contributed by atoms with Crippen molar-refractivity contribution in [2.45, 2.75) is 13.8 Å². The maximum Gasteiger partial charge on any atom is 0.185 e. The van der Waals surface area contributed by atoms with Gasteiger partial charge in [-0.1, -0.05) is 35.4 Å². The Morgan fingerprint density at radius 1 is 1.00 bits per heavy atom. The zero-order valence-corrected chi connectivity index (χ0v) is 18.9. The van der Waals surface area contributed by atoms with Gasteiger partial charge in [0.05, 0.1) is 0 Å². The fraction of sp³-hybridized carbons (Fsp3) is 0.222. The Hall–Kier alpha value is -3.44. The van der Waals surface area contributed by atoms with Crippen LogP contribution in [0.3, 0.4) is 0 Å². The lowest BCUT2D eigenvalue weighted by molar-refractivity contribution is 0.104. The third-order valence-corrected chi connectivity index (χ3v) is 5.01. The van der Waals surface area contributed by atoms with E-state index >= 15 is 0 Å². The molecule has 0 amide bonds. The third kappa shape index (κ3) is 6.05. The first-order valence-electron chi connectivity index (χ1n) is 10.4. The first-order valence-corrected chi connectivity index (χ1v) is 10.4. The molecule has 0 aliphatic rings. The third-order valence-electron chi connectivity index (χ3n) is 5.01. The molecule has 4 nitrogen and oxygen atoms in total. The summed E-state index contributed by atoms with van der Waals surface area (Å²) in [6.07, 6.45) is 3.08. The molecule has 0 spiro atoms. The molecular weight excluding hydrogens is 405 g/mol. The number of carbonyl (C=O) groups excluding carboxylic acids is 1. The molecule has 0 aliphatic heterocycles. The fourth-order valence-electron chi connectivity index (χ4n) is 3.39. The molecule has 32 heavy (non-hydrogen) atoms. The summed E-state index contributed by atoms with van der Waals surface area (Å²) in [6, 6.07) is 15.9. The minimum atomic E-state index is -0.825. The predicted molar refractivity (Wildman–Crippen MR) is 127 cm³/mol. The topological polar surface area (TPSA) is 49.8 Å². The van der Waals surface area contributed by atoms with Crippen LogP contribution in [0, 0.1) is 19.7 Å². The van der Waals surface area contributed by atoms with Crippen LogP contribution < -0.4 is 4.74 Å². The van der Waals surface area contributed by atoms with E-state index in [4.69, 9.17) is 4.74 Å². The average Bonchev–Trinajstić information content (AvgIpc) is 2.73. The minimum absolute atomic E-state index is 0.164. The first kappa shape index (κ1) is 23.2. The number of aromatic hydroxyl groups is 1. The van der Waals surface area contributed by atoms with Crippen molar-refractivity contribution in [3.05, 3.63) is 88.7 Å². The SMILES string of the molecule is Cc1cc(C)cc(-c2ccc(OCCN(C)C)c(C=CC(=O)c3ccc(O)c(F)c3)c2)c1. The summed E-state index contributed by atoms with van der Waals surface area (Å²) in [5.74, 6) is -1.00. The Kier molecular flexibility index (Phi) is 7.44. The molecule has 0 saturated carbocycles. The lowest BCUT2D eigenvalue weighted by Gasteiger charge is -2.14. The standard InChI is InChI=1S/C27H28FNO3/c1-18-13-19(2)15-23(14-18)20-7-10-27(32-12-11-29(3)4)22(16-20)6-8-25(30)21-5-9-26(31)24(28)17-21/h5-10,13-17,31H,11-12H2,1-4H3. The highest BCUT2D eigenvalue weighted by atomic mass is 19.1. The van der Waals surface area contributed by atoms with E-state index in [2.05, 4.69) is 32.0 Å². The monoisotopic (exact) mass is 433 g/mol. The molecule has 0 bridgehead atoms. The highest BCUT2D eigenvalue weighted by Gasteiger charge is 2.10. The number of hydrogen-bond acceptors (Lipinski definition) is 4. The number of benzene rings is 3. The van der Waals surface area contributed by atoms with Gasteiger partial charge in [-0.15, -0.1) is 0 Å². The molecule has 0 saturated heterocycles. The van der Waals surface area contributed by atoms with Crippen LogP contribution in [-0.2, 0) is 0 Å². The second-order valence-corrected chi connectivity index (χ2v) is 8.14. The number of ketones is 1. The molecule has 3 rings (SSSR count). The first-order chi connectivity index (χ1) is 15.2. The van der Waals surface area contributed by atoms with Gasteiger partial charge in [0, 0.05) is 17.7 Å². The molecule has 5 heteroatoms. The van der Waals surface area contributed by atoms with E-state index in [9.17, 15) is 14.3 Å². The van der Waals surface area contributed by atoms with Crippen LogP contribution in [0.2, 0.25) is 0 Å². The maximum atomic E-state index is 13.6. The number of ether oxygens (including phenoxy) is 1. The van der Waals surface area contributed by atoms with E-state index in [1.807, 2.05) is 37.2 Å². The molecule has 0 aromatic heterocycles. The number of phenolic OH excluding ortho intramolecular Hbond substituents is 1. The Labute approximate surface area is 188 Å². The Bertz CT molecular complexity index is 1130. The van der Waals surface area contributed by atoms with E-state index in [1.54, 1.807) is 6.08 Å². The van der Waals surface area contributed by atoms with Crippen LogP contribution in [-0.4, -0.2) is 43.0 Å². The van der Waals surface area contributed by atoms with Gasteiger partial charge in [-0.05, 0) is 81.6 Å². The summed E-state index contributed by atoms with van der Waals surface area (Å²) in [5, 5.41) is 9.34. The number of likely N-dealkylation sites (N-methyl/N-ethyl adjacent to an activating group) is 1. The maximum absolute atomic E-state index is 13.6. The van der Waals surface area contributed by atoms with Crippen molar-refractivity contribution in [2.24, 2.45) is 0 Å². The van der Waals surface area contributed by atoms with Crippen molar-refractivity contribution < 1.29 is 19.0 Å². The fourth-order valence-corrected chi connectivity index (χ4v) is 3.39. The van der Waals surface area contributed by atoms with Gasteiger partial charge in [-0.3, -0.25) is 4.79 Å². The van der Waals surface area contributed by atoms with Crippen LogP contribution in [0.5, 0.6) is 11.5 Å². The number of hydrogen-bond donors (Lipinski definition) is 1. The molecule has 0 atom stereocenters. The summed E-state index contributed by atoms with van der Waals surface area (Å²) < 4.78 is 19.6. The quantitative estimate of drug-likeness (QED) is 0.368. The van der Waals surface area contributed by atoms with Crippen molar-refractivity contribution in [2.75, 3.05) is 27.2 Å². The van der Waals surface area contributed by atoms with E-state index in [0.717, 1.165) is 29.3 Å². The summed E-state index contributed by atoms with van der Waals surface area (Å²) >= 11 is 0. The van der Waals surface area contributed by atoms with Gasteiger partial charge in [-0.2, -0.15) is 0 Å². The van der Waals surface area contributed by atoms with Gasteiger partial charge in [-0.25, -0.2) is 4.39 Å². The molecule has 166 valence electrons. The van der Waals surface area contributed by atoms with Crippen molar-refractivity contribution in [3.63, 3.8) is 0 Å². The minimum Gasteiger partial charge on any atom is -0.505 e. The number of aryl methyl sites for hydroxylation is 2. The molecular formula is C27H28FNO3. The summed E-state index contributed by atoms with van der Waals surface area (Å²) in [4.78, 5) is 14.6. The van der Waals surface area contributed by atoms with E-state index in [0.29, 0.717) is 12.4 Å². The van der Waals surface area contributed by atoms with Crippen LogP contribution >= 0.6 is 0 Å². The van der Waals surface area contributed by atoms with E-state index in [-0.39, 0.29) is 11.3 Å². The Balaban J connectivity index is 1.94. The molecule has 0 radical (unpaired) electrons. The summed E-state index contributed by atoms with van der Waals surface area (Å²) in [7, 11) is 3.95. The van der Waals surface area contributed by atoms with E-state index in [1.165, 1.54) is 29.3 Å². The highest BCUT2D eigenvalue weighted by molar-refractivity contribution is 6.07. The van der Waals surface area contributed by atoms with Crippen molar-refractivity contribution in [1.82, 2.24) is 4.90 Å². The number of halogens is 1. The molecule has 0 unspecified atom stereocenters. The summed E-state index contributed by atoms with van der Waals surface area (Å²) in [5.41, 5.74) is 5.37. The van der Waals surface area contributed by atoms with Crippen LogP contribution in [0.25, 0.3) is 17.2 Å². The van der Waals surface area contributed by atoms with Crippen LogP contribution in [0.4, 0.5) is 4.39 Å². The van der Waals surface area contributed by atoms with Gasteiger partial charge in [0.1, 0.15) is 12.4 Å². The van der Waals surface area contributed by atoms with Crippen LogP contribution in [0.1, 0.15) is 27.0 Å². The lowest BCUT2D eigenvalue weighted by atomic mass is 9.98. The van der Waals surface area contributed by atoms with Crippen LogP contribution in [0.15, 0.2) is 60.7 Å². The molecule has 0 heterocycles. The molecule has 3 aromatic carbocycles. The zero-order chi connectivity index (χ0) is 23.3. The number of carbonyl (C=O) groups is 1. The molecule has 0 aliphatic carbocycles. The normalized spacial score (nSPS) is 11.3. The second-order valence-electron chi connectivity index (χ2n) is 8.14. The summed E-state index contributed by atoms with van der Waals surface area (Å²) in [6.45, 7) is 5.39. The van der Waals surface area contributed by atoms with Gasteiger partial charge in [0.2, 0.25) is 0 Å². The smallest absolute Gasteiger partial charge is 0.185 e. The van der Waals surface area contributed by atoms with Gasteiger partial charge in [0.15, 0.2) is 17.3 Å². The van der Waals surface area contributed by atoms with Gasteiger partial charge >= 0.3 is 0 Å². The van der Waals surface area contributed by atoms with Gasteiger partial charge < -0.3 is 14.7 Å². The second kappa shape index (κ2) is 10.2.